The minimum Gasteiger partial charge on any atom is -0.497 e. The van der Waals surface area contributed by atoms with E-state index in [2.05, 4.69) is 4.98 Å². The SMILES string of the molecule is COc1ccc2c(OC)ncc(Cl)c2c1. The van der Waals surface area contributed by atoms with Crippen molar-refractivity contribution in [3.63, 3.8) is 0 Å². The minimum atomic E-state index is 0.567. The van der Waals surface area contributed by atoms with Gasteiger partial charge in [-0.2, -0.15) is 0 Å². The average Bonchev–Trinajstić information content (AvgIpc) is 2.29. The maximum atomic E-state index is 6.04. The molecule has 0 N–H and O–H groups in total. The second kappa shape index (κ2) is 3.95. The zero-order valence-corrected chi connectivity index (χ0v) is 9.21. The largest absolute Gasteiger partial charge is 0.497 e. The first kappa shape index (κ1) is 10.1. The molecule has 0 unspecified atom stereocenters. The van der Waals surface area contributed by atoms with E-state index in [0.717, 1.165) is 16.5 Å². The Morgan fingerprint density at radius 3 is 2.60 bits per heavy atom. The highest BCUT2D eigenvalue weighted by Crippen LogP contribution is 2.31. The molecular formula is C11H10ClNO2. The Labute approximate surface area is 92.6 Å². The molecule has 0 aliphatic carbocycles. The fraction of sp³-hybridized carbons (Fsp3) is 0.182. The predicted molar refractivity (Wildman–Crippen MR) is 59.9 cm³/mol. The summed E-state index contributed by atoms with van der Waals surface area (Å²) in [5.74, 6) is 1.33. The van der Waals surface area contributed by atoms with E-state index in [0.29, 0.717) is 10.9 Å². The van der Waals surface area contributed by atoms with Crippen molar-refractivity contribution >= 4 is 22.4 Å². The number of benzene rings is 1. The van der Waals surface area contributed by atoms with Crippen molar-refractivity contribution in [1.29, 1.82) is 0 Å². The van der Waals surface area contributed by atoms with Gasteiger partial charge in [0.2, 0.25) is 5.88 Å². The molecule has 0 radical (unpaired) electrons. The van der Waals surface area contributed by atoms with Crippen LogP contribution in [0.5, 0.6) is 11.6 Å². The van der Waals surface area contributed by atoms with Gasteiger partial charge >= 0.3 is 0 Å². The standard InChI is InChI=1S/C11H10ClNO2/c1-14-7-3-4-8-9(5-7)10(12)6-13-11(8)15-2/h3-6H,1-2H3. The summed E-state index contributed by atoms with van der Waals surface area (Å²) in [5.41, 5.74) is 0. The number of methoxy groups -OCH3 is 2. The Hall–Kier alpha value is -1.48. The molecule has 0 fully saturated rings. The van der Waals surface area contributed by atoms with Crippen molar-refractivity contribution in [3.8, 4) is 11.6 Å². The minimum absolute atomic E-state index is 0.567. The summed E-state index contributed by atoms with van der Waals surface area (Å²) in [7, 11) is 3.20. The summed E-state index contributed by atoms with van der Waals surface area (Å²) in [6.07, 6.45) is 1.57. The summed E-state index contributed by atoms with van der Waals surface area (Å²) in [4.78, 5) is 4.09. The van der Waals surface area contributed by atoms with Crippen molar-refractivity contribution in [2.24, 2.45) is 0 Å². The molecule has 15 heavy (non-hydrogen) atoms. The molecule has 0 atom stereocenters. The number of hydrogen-bond acceptors (Lipinski definition) is 3. The van der Waals surface area contributed by atoms with Gasteiger partial charge < -0.3 is 9.47 Å². The van der Waals surface area contributed by atoms with Gasteiger partial charge in [0.25, 0.3) is 0 Å². The first-order valence-corrected chi connectivity index (χ1v) is 4.80. The van der Waals surface area contributed by atoms with E-state index in [1.54, 1.807) is 20.4 Å². The lowest BCUT2D eigenvalue weighted by molar-refractivity contribution is 0.403. The van der Waals surface area contributed by atoms with Gasteiger partial charge in [-0.1, -0.05) is 11.6 Å². The van der Waals surface area contributed by atoms with Crippen molar-refractivity contribution < 1.29 is 9.47 Å². The Balaban J connectivity index is 2.75. The van der Waals surface area contributed by atoms with E-state index in [-0.39, 0.29) is 0 Å². The second-order valence-electron chi connectivity index (χ2n) is 3.03. The van der Waals surface area contributed by atoms with Crippen LogP contribution in [0, 0.1) is 0 Å². The van der Waals surface area contributed by atoms with Crippen LogP contribution in [-0.2, 0) is 0 Å². The molecule has 0 aliphatic heterocycles. The first-order valence-electron chi connectivity index (χ1n) is 4.42. The van der Waals surface area contributed by atoms with Gasteiger partial charge in [0, 0.05) is 10.8 Å². The van der Waals surface area contributed by atoms with Gasteiger partial charge in [-0.05, 0) is 18.2 Å². The molecule has 2 rings (SSSR count). The zero-order valence-electron chi connectivity index (χ0n) is 8.45. The van der Waals surface area contributed by atoms with E-state index in [4.69, 9.17) is 21.1 Å². The van der Waals surface area contributed by atoms with Crippen LogP contribution in [0.25, 0.3) is 10.8 Å². The van der Waals surface area contributed by atoms with Crippen molar-refractivity contribution in [1.82, 2.24) is 4.98 Å². The summed E-state index contributed by atoms with van der Waals surface area (Å²) in [6, 6.07) is 5.59. The highest BCUT2D eigenvalue weighted by atomic mass is 35.5. The molecule has 1 aromatic carbocycles. The van der Waals surface area contributed by atoms with Crippen molar-refractivity contribution in [2.75, 3.05) is 14.2 Å². The Kier molecular flexibility index (Phi) is 2.64. The lowest BCUT2D eigenvalue weighted by atomic mass is 10.1. The molecule has 1 aromatic heterocycles. The second-order valence-corrected chi connectivity index (χ2v) is 3.43. The number of fused-ring (bicyclic) bond motifs is 1. The molecule has 1 heterocycles. The number of halogens is 1. The maximum Gasteiger partial charge on any atom is 0.221 e. The molecule has 0 saturated carbocycles. The zero-order chi connectivity index (χ0) is 10.8. The summed E-state index contributed by atoms with van der Waals surface area (Å²) >= 11 is 6.04. The summed E-state index contributed by atoms with van der Waals surface area (Å²) in [5, 5.41) is 2.35. The molecule has 0 amide bonds. The normalized spacial score (nSPS) is 10.3. The lowest BCUT2D eigenvalue weighted by Crippen LogP contribution is -1.90. The highest BCUT2D eigenvalue weighted by molar-refractivity contribution is 6.35. The van der Waals surface area contributed by atoms with E-state index >= 15 is 0 Å². The van der Waals surface area contributed by atoms with Crippen LogP contribution < -0.4 is 9.47 Å². The Morgan fingerprint density at radius 2 is 1.93 bits per heavy atom. The number of rotatable bonds is 2. The third-order valence-electron chi connectivity index (χ3n) is 2.20. The van der Waals surface area contributed by atoms with Gasteiger partial charge in [-0.3, -0.25) is 0 Å². The first-order chi connectivity index (χ1) is 7.26. The van der Waals surface area contributed by atoms with Crippen molar-refractivity contribution in [3.05, 3.63) is 29.4 Å². The molecule has 3 nitrogen and oxygen atoms in total. The van der Waals surface area contributed by atoms with Crippen LogP contribution in [0.4, 0.5) is 0 Å². The van der Waals surface area contributed by atoms with E-state index in [1.165, 1.54) is 0 Å². The number of nitrogens with zero attached hydrogens (tertiary/aromatic N) is 1. The molecule has 0 saturated heterocycles. The smallest absolute Gasteiger partial charge is 0.221 e. The third kappa shape index (κ3) is 1.70. The fourth-order valence-electron chi connectivity index (χ4n) is 1.45. The van der Waals surface area contributed by atoms with Crippen LogP contribution in [-0.4, -0.2) is 19.2 Å². The summed E-state index contributed by atoms with van der Waals surface area (Å²) in [6.45, 7) is 0. The number of aromatic nitrogens is 1. The molecule has 0 spiro atoms. The van der Waals surface area contributed by atoms with Crippen LogP contribution in [0.15, 0.2) is 24.4 Å². The molecule has 2 aromatic rings. The fourth-order valence-corrected chi connectivity index (χ4v) is 1.66. The predicted octanol–water partition coefficient (Wildman–Crippen LogP) is 2.91. The lowest BCUT2D eigenvalue weighted by Gasteiger charge is -2.07. The maximum absolute atomic E-state index is 6.04. The van der Waals surface area contributed by atoms with E-state index < -0.39 is 0 Å². The van der Waals surface area contributed by atoms with Gasteiger partial charge in [-0.15, -0.1) is 0 Å². The van der Waals surface area contributed by atoms with Crippen LogP contribution >= 0.6 is 11.6 Å². The number of ether oxygens (including phenoxy) is 2. The quantitative estimate of drug-likeness (QED) is 0.785. The van der Waals surface area contributed by atoms with Crippen LogP contribution in [0.2, 0.25) is 5.02 Å². The van der Waals surface area contributed by atoms with Gasteiger partial charge in [0.15, 0.2) is 0 Å². The van der Waals surface area contributed by atoms with Gasteiger partial charge in [0.05, 0.1) is 25.4 Å². The van der Waals surface area contributed by atoms with E-state index in [1.807, 2.05) is 18.2 Å². The highest BCUT2D eigenvalue weighted by Gasteiger charge is 2.07. The monoisotopic (exact) mass is 223 g/mol. The summed E-state index contributed by atoms with van der Waals surface area (Å²) < 4.78 is 10.3. The topological polar surface area (TPSA) is 31.4 Å². The van der Waals surface area contributed by atoms with Crippen molar-refractivity contribution in [2.45, 2.75) is 0 Å². The molecule has 0 aliphatic rings. The average molecular weight is 224 g/mol. The number of hydrogen-bond donors (Lipinski definition) is 0. The Bertz CT molecular complexity index is 499. The Morgan fingerprint density at radius 1 is 1.13 bits per heavy atom. The van der Waals surface area contributed by atoms with Crippen LogP contribution in [0.3, 0.4) is 0 Å². The third-order valence-corrected chi connectivity index (χ3v) is 2.50. The van der Waals surface area contributed by atoms with Gasteiger partial charge in [0.1, 0.15) is 5.75 Å². The van der Waals surface area contributed by atoms with E-state index in [9.17, 15) is 0 Å². The molecule has 0 bridgehead atoms. The van der Waals surface area contributed by atoms with Crippen LogP contribution in [0.1, 0.15) is 0 Å². The molecule has 4 heteroatoms. The molecule has 78 valence electrons. The number of pyridine rings is 1. The molecular weight excluding hydrogens is 214 g/mol. The van der Waals surface area contributed by atoms with Gasteiger partial charge in [-0.25, -0.2) is 4.98 Å².